The molecule has 0 radical (unpaired) electrons. The quantitative estimate of drug-likeness (QED) is 0.795. The van der Waals surface area contributed by atoms with E-state index in [1.54, 1.807) is 0 Å². The van der Waals surface area contributed by atoms with Crippen LogP contribution < -0.4 is 5.32 Å². The monoisotopic (exact) mass is 363 g/mol. The lowest BCUT2D eigenvalue weighted by Gasteiger charge is -2.20. The molecule has 3 rings (SSSR count). The highest BCUT2D eigenvalue weighted by atomic mass is 35.5. The van der Waals surface area contributed by atoms with Gasteiger partial charge in [-0.15, -0.1) is 11.3 Å². The van der Waals surface area contributed by atoms with Crippen LogP contribution >= 0.6 is 22.9 Å². The molecule has 126 valence electrons. The third-order valence-corrected chi connectivity index (χ3v) is 5.67. The third kappa shape index (κ3) is 3.47. The Morgan fingerprint density at radius 2 is 2.04 bits per heavy atom. The first-order valence-electron chi connectivity index (χ1n) is 7.71. The molecule has 1 atom stereocenters. The SMILES string of the molecule is COC(=O)C(NC(=O)C1(Cc2ccccc2Cl)CC1)c1cccs1. The number of methoxy groups -OCH3 is 1. The highest BCUT2D eigenvalue weighted by Crippen LogP contribution is 2.49. The molecule has 0 bridgehead atoms. The number of amides is 1. The zero-order valence-electron chi connectivity index (χ0n) is 13.3. The zero-order chi connectivity index (χ0) is 17.2. The van der Waals surface area contributed by atoms with Crippen LogP contribution in [0.15, 0.2) is 41.8 Å². The van der Waals surface area contributed by atoms with E-state index in [1.807, 2.05) is 41.8 Å². The summed E-state index contributed by atoms with van der Waals surface area (Å²) in [5.74, 6) is -0.578. The molecule has 0 aliphatic heterocycles. The second kappa shape index (κ2) is 6.95. The Kier molecular flexibility index (Phi) is 4.92. The van der Waals surface area contributed by atoms with Gasteiger partial charge in [0.15, 0.2) is 6.04 Å². The average Bonchev–Trinajstić information content (AvgIpc) is 3.17. The van der Waals surface area contributed by atoms with Crippen molar-refractivity contribution in [2.24, 2.45) is 5.41 Å². The molecule has 1 unspecified atom stereocenters. The molecule has 1 N–H and O–H groups in total. The lowest BCUT2D eigenvalue weighted by molar-refractivity contribution is -0.146. The number of ether oxygens (including phenoxy) is 1. The molecular formula is C18H18ClNO3S. The van der Waals surface area contributed by atoms with E-state index in [0.29, 0.717) is 11.4 Å². The lowest BCUT2D eigenvalue weighted by atomic mass is 9.95. The van der Waals surface area contributed by atoms with Crippen LogP contribution in [0.2, 0.25) is 5.02 Å². The van der Waals surface area contributed by atoms with Gasteiger partial charge in [-0.05, 0) is 42.3 Å². The van der Waals surface area contributed by atoms with Gasteiger partial charge in [-0.25, -0.2) is 4.79 Å². The Balaban J connectivity index is 1.75. The minimum Gasteiger partial charge on any atom is -0.467 e. The van der Waals surface area contributed by atoms with E-state index in [9.17, 15) is 9.59 Å². The van der Waals surface area contributed by atoms with Crippen LogP contribution in [0.3, 0.4) is 0 Å². The summed E-state index contributed by atoms with van der Waals surface area (Å²) in [6.45, 7) is 0. The number of halogens is 1. The van der Waals surface area contributed by atoms with Crippen LogP contribution in [0, 0.1) is 5.41 Å². The minimum atomic E-state index is -0.758. The number of hydrogen-bond acceptors (Lipinski definition) is 4. The van der Waals surface area contributed by atoms with Gasteiger partial charge in [-0.1, -0.05) is 35.9 Å². The van der Waals surface area contributed by atoms with Crippen LogP contribution in [0.1, 0.15) is 29.3 Å². The first kappa shape index (κ1) is 17.0. The first-order valence-corrected chi connectivity index (χ1v) is 8.97. The molecule has 1 aliphatic rings. The molecule has 2 aromatic rings. The Morgan fingerprint density at radius 3 is 2.62 bits per heavy atom. The van der Waals surface area contributed by atoms with Gasteiger partial charge in [-0.3, -0.25) is 4.79 Å². The molecule has 1 aliphatic carbocycles. The average molecular weight is 364 g/mol. The summed E-state index contributed by atoms with van der Waals surface area (Å²) in [7, 11) is 1.33. The van der Waals surface area contributed by atoms with Crippen molar-refractivity contribution in [2.75, 3.05) is 7.11 Å². The van der Waals surface area contributed by atoms with Crippen molar-refractivity contribution in [1.29, 1.82) is 0 Å². The Bertz CT molecular complexity index is 740. The van der Waals surface area contributed by atoms with Crippen LogP contribution in [-0.2, 0) is 20.7 Å². The number of esters is 1. The van der Waals surface area contributed by atoms with Gasteiger partial charge in [-0.2, -0.15) is 0 Å². The van der Waals surface area contributed by atoms with Crippen LogP contribution in [-0.4, -0.2) is 19.0 Å². The highest BCUT2D eigenvalue weighted by molar-refractivity contribution is 7.10. The van der Waals surface area contributed by atoms with E-state index in [0.717, 1.165) is 23.3 Å². The number of rotatable bonds is 6. The maximum absolute atomic E-state index is 12.8. The van der Waals surface area contributed by atoms with Crippen LogP contribution in [0.25, 0.3) is 0 Å². The van der Waals surface area contributed by atoms with Gasteiger partial charge < -0.3 is 10.1 Å². The predicted molar refractivity (Wildman–Crippen MR) is 94.0 cm³/mol. The fourth-order valence-corrected chi connectivity index (χ4v) is 3.71. The van der Waals surface area contributed by atoms with Gasteiger partial charge in [0.2, 0.25) is 5.91 Å². The summed E-state index contributed by atoms with van der Waals surface area (Å²) in [5.41, 5.74) is 0.478. The van der Waals surface area contributed by atoms with Crippen molar-refractivity contribution in [3.63, 3.8) is 0 Å². The van der Waals surface area contributed by atoms with Gasteiger partial charge in [0.05, 0.1) is 12.5 Å². The van der Waals surface area contributed by atoms with E-state index in [1.165, 1.54) is 18.4 Å². The molecule has 0 saturated heterocycles. The topological polar surface area (TPSA) is 55.4 Å². The normalized spacial score (nSPS) is 16.2. The summed E-state index contributed by atoms with van der Waals surface area (Å²) in [6.07, 6.45) is 2.17. The maximum Gasteiger partial charge on any atom is 0.333 e. The van der Waals surface area contributed by atoms with E-state index < -0.39 is 17.4 Å². The number of carbonyl (C=O) groups is 2. The number of benzene rings is 1. The maximum atomic E-state index is 12.8. The van der Waals surface area contributed by atoms with E-state index in [-0.39, 0.29) is 5.91 Å². The van der Waals surface area contributed by atoms with Crippen LogP contribution in [0.4, 0.5) is 0 Å². The van der Waals surface area contributed by atoms with Gasteiger partial charge in [0, 0.05) is 9.90 Å². The van der Waals surface area contributed by atoms with E-state index >= 15 is 0 Å². The standard InChI is InChI=1S/C18H18ClNO3S/c1-23-16(21)15(14-7-4-10-24-14)20-17(22)18(8-9-18)11-12-5-2-3-6-13(12)19/h2-7,10,15H,8-9,11H2,1H3,(H,20,22). The zero-order valence-corrected chi connectivity index (χ0v) is 14.8. The summed E-state index contributed by atoms with van der Waals surface area (Å²) in [5, 5.41) is 5.40. The molecule has 1 amide bonds. The van der Waals surface area contributed by atoms with Gasteiger partial charge in [0.25, 0.3) is 0 Å². The van der Waals surface area contributed by atoms with Crippen molar-refractivity contribution in [3.8, 4) is 0 Å². The van der Waals surface area contributed by atoms with Crippen molar-refractivity contribution in [1.82, 2.24) is 5.32 Å². The van der Waals surface area contributed by atoms with Gasteiger partial charge in [0.1, 0.15) is 0 Å². The molecule has 1 heterocycles. The third-order valence-electron chi connectivity index (χ3n) is 4.36. The fraction of sp³-hybridized carbons (Fsp3) is 0.333. The largest absolute Gasteiger partial charge is 0.467 e. The molecule has 1 aromatic heterocycles. The molecule has 24 heavy (non-hydrogen) atoms. The molecule has 4 nitrogen and oxygen atoms in total. The van der Waals surface area contributed by atoms with Crippen molar-refractivity contribution >= 4 is 34.8 Å². The second-order valence-corrected chi connectivity index (χ2v) is 7.38. The summed E-state index contributed by atoms with van der Waals surface area (Å²) in [6, 6.07) is 10.5. The first-order chi connectivity index (χ1) is 11.6. The smallest absolute Gasteiger partial charge is 0.333 e. The molecule has 1 saturated carbocycles. The second-order valence-electron chi connectivity index (χ2n) is 5.99. The lowest BCUT2D eigenvalue weighted by Crippen LogP contribution is -2.39. The van der Waals surface area contributed by atoms with Crippen molar-refractivity contribution in [2.45, 2.75) is 25.3 Å². The summed E-state index contributed by atoms with van der Waals surface area (Å²) >= 11 is 7.64. The molecule has 1 fully saturated rings. The molecule has 6 heteroatoms. The number of nitrogens with one attached hydrogen (secondary N) is 1. The summed E-state index contributed by atoms with van der Waals surface area (Å²) in [4.78, 5) is 25.6. The van der Waals surface area contributed by atoms with E-state index in [4.69, 9.17) is 16.3 Å². The Morgan fingerprint density at radius 1 is 1.29 bits per heavy atom. The van der Waals surface area contributed by atoms with Crippen molar-refractivity contribution < 1.29 is 14.3 Å². The molecular weight excluding hydrogens is 346 g/mol. The summed E-state index contributed by atoms with van der Waals surface area (Å²) < 4.78 is 4.84. The minimum absolute atomic E-state index is 0.119. The number of carbonyl (C=O) groups excluding carboxylic acids is 2. The highest BCUT2D eigenvalue weighted by Gasteiger charge is 2.50. The van der Waals surface area contributed by atoms with Gasteiger partial charge >= 0.3 is 5.97 Å². The molecule has 0 spiro atoms. The number of thiophene rings is 1. The Labute approximate surface area is 149 Å². The van der Waals surface area contributed by atoms with E-state index in [2.05, 4.69) is 5.32 Å². The van der Waals surface area contributed by atoms with Crippen molar-refractivity contribution in [3.05, 3.63) is 57.2 Å². The molecule has 1 aromatic carbocycles. The fourth-order valence-electron chi connectivity index (χ4n) is 2.75. The Hall–Kier alpha value is -1.85. The van der Waals surface area contributed by atoms with Crippen LogP contribution in [0.5, 0.6) is 0 Å². The number of hydrogen-bond donors (Lipinski definition) is 1. The predicted octanol–water partition coefficient (Wildman–Crippen LogP) is 3.75.